The van der Waals surface area contributed by atoms with Gasteiger partial charge in [0.2, 0.25) is 0 Å². The number of hydrogen-bond donors (Lipinski definition) is 1. The summed E-state index contributed by atoms with van der Waals surface area (Å²) in [7, 11) is 0. The van der Waals surface area contributed by atoms with Crippen LogP contribution >= 0.6 is 15.9 Å². The van der Waals surface area contributed by atoms with Crippen molar-refractivity contribution in [1.82, 2.24) is 9.88 Å². The summed E-state index contributed by atoms with van der Waals surface area (Å²) in [5, 5.41) is 0. The molecule has 1 unspecified atom stereocenters. The minimum atomic E-state index is -4.41. The summed E-state index contributed by atoms with van der Waals surface area (Å²) >= 11 is 3.05. The summed E-state index contributed by atoms with van der Waals surface area (Å²) in [6.07, 6.45) is -3.01. The average Bonchev–Trinajstić information content (AvgIpc) is 2.45. The molecule has 1 aromatic rings. The van der Waals surface area contributed by atoms with Crippen molar-refractivity contribution in [2.45, 2.75) is 19.1 Å². The van der Waals surface area contributed by atoms with Crippen LogP contribution in [0, 0.1) is 0 Å². The largest absolute Gasteiger partial charge is 0.419 e. The molecule has 1 aromatic heterocycles. The van der Waals surface area contributed by atoms with Crippen molar-refractivity contribution in [3.63, 3.8) is 0 Å². The lowest BCUT2D eigenvalue weighted by Crippen LogP contribution is -2.52. The normalized spacial score (nSPS) is 18.9. The molecule has 1 aliphatic rings. The van der Waals surface area contributed by atoms with Crippen molar-refractivity contribution < 1.29 is 13.2 Å². The molecule has 1 fully saturated rings. The van der Waals surface area contributed by atoms with Gasteiger partial charge in [-0.2, -0.15) is 13.2 Å². The van der Waals surface area contributed by atoms with E-state index in [0.717, 1.165) is 6.07 Å². The molecule has 21 heavy (non-hydrogen) atoms. The maximum Gasteiger partial charge on any atom is 0.419 e. The second-order valence-electron chi connectivity index (χ2n) is 5.13. The van der Waals surface area contributed by atoms with E-state index in [9.17, 15) is 13.2 Å². The average molecular weight is 367 g/mol. The number of anilines is 1. The predicted octanol–water partition coefficient (Wildman–Crippen LogP) is 2.33. The Balaban J connectivity index is 2.17. The van der Waals surface area contributed by atoms with Crippen molar-refractivity contribution in [2.75, 3.05) is 37.6 Å². The first-order valence-corrected chi connectivity index (χ1v) is 7.54. The fourth-order valence-electron chi connectivity index (χ4n) is 2.42. The Morgan fingerprint density at radius 2 is 1.95 bits per heavy atom. The van der Waals surface area contributed by atoms with Crippen LogP contribution in [0.5, 0.6) is 0 Å². The summed E-state index contributed by atoms with van der Waals surface area (Å²) in [6, 6.07) is 1.32. The van der Waals surface area contributed by atoms with Crippen LogP contribution in [0.25, 0.3) is 0 Å². The molecule has 0 aliphatic carbocycles. The molecule has 1 aliphatic heterocycles. The molecule has 0 amide bonds. The molecule has 1 saturated heterocycles. The highest BCUT2D eigenvalue weighted by Gasteiger charge is 2.37. The van der Waals surface area contributed by atoms with E-state index in [1.807, 2.05) is 6.92 Å². The SMILES string of the molecule is CC(CN)N1CCN(c2ncc(Br)cc2C(F)(F)F)CC1. The molecule has 0 spiro atoms. The van der Waals surface area contributed by atoms with E-state index in [4.69, 9.17) is 5.73 Å². The van der Waals surface area contributed by atoms with Crippen LogP contribution < -0.4 is 10.6 Å². The summed E-state index contributed by atoms with van der Waals surface area (Å²) in [4.78, 5) is 7.85. The van der Waals surface area contributed by atoms with Gasteiger partial charge < -0.3 is 10.6 Å². The number of halogens is 4. The Morgan fingerprint density at radius 3 is 2.48 bits per heavy atom. The lowest BCUT2D eigenvalue weighted by Gasteiger charge is -2.38. The predicted molar refractivity (Wildman–Crippen MR) is 79.2 cm³/mol. The van der Waals surface area contributed by atoms with Gasteiger partial charge in [0.15, 0.2) is 0 Å². The van der Waals surface area contributed by atoms with E-state index < -0.39 is 11.7 Å². The van der Waals surface area contributed by atoms with Crippen molar-refractivity contribution in [3.05, 3.63) is 22.3 Å². The molecule has 118 valence electrons. The van der Waals surface area contributed by atoms with Gasteiger partial charge in [-0.3, -0.25) is 4.90 Å². The van der Waals surface area contributed by atoms with E-state index in [0.29, 0.717) is 37.2 Å². The minimum absolute atomic E-state index is 0.00533. The third kappa shape index (κ3) is 3.87. The Morgan fingerprint density at radius 1 is 1.33 bits per heavy atom. The Hall–Kier alpha value is -0.860. The summed E-state index contributed by atoms with van der Waals surface area (Å²) in [6.45, 7) is 4.98. The molecule has 1 atom stereocenters. The number of rotatable bonds is 3. The van der Waals surface area contributed by atoms with Crippen LogP contribution in [0.1, 0.15) is 12.5 Å². The van der Waals surface area contributed by atoms with Crippen LogP contribution in [-0.4, -0.2) is 48.6 Å². The highest BCUT2D eigenvalue weighted by Crippen LogP contribution is 2.37. The Kier molecular flexibility index (Phi) is 5.11. The van der Waals surface area contributed by atoms with Gasteiger partial charge in [0.05, 0.1) is 5.56 Å². The van der Waals surface area contributed by atoms with Crippen LogP contribution in [0.2, 0.25) is 0 Å². The molecule has 2 heterocycles. The molecule has 0 aromatic carbocycles. The zero-order chi connectivity index (χ0) is 15.6. The van der Waals surface area contributed by atoms with Gasteiger partial charge in [0, 0.05) is 49.4 Å². The van der Waals surface area contributed by atoms with Crippen LogP contribution in [0.15, 0.2) is 16.7 Å². The minimum Gasteiger partial charge on any atom is -0.354 e. The monoisotopic (exact) mass is 366 g/mol. The summed E-state index contributed by atoms with van der Waals surface area (Å²) in [5.41, 5.74) is 4.93. The third-order valence-corrected chi connectivity index (χ3v) is 4.15. The number of alkyl halides is 3. The van der Waals surface area contributed by atoms with Gasteiger partial charge in [-0.15, -0.1) is 0 Å². The van der Waals surface area contributed by atoms with Crippen molar-refractivity contribution in [3.8, 4) is 0 Å². The fourth-order valence-corrected chi connectivity index (χ4v) is 2.75. The molecule has 0 radical (unpaired) electrons. The standard InChI is InChI=1S/C13H18BrF3N4/c1-9(7-18)20-2-4-21(5-3-20)12-11(13(15,16)17)6-10(14)8-19-12/h6,8-9H,2-5,7,18H2,1H3. The second kappa shape index (κ2) is 6.50. The van der Waals surface area contributed by atoms with E-state index >= 15 is 0 Å². The summed E-state index contributed by atoms with van der Waals surface area (Å²) < 4.78 is 39.7. The topological polar surface area (TPSA) is 45.4 Å². The fraction of sp³-hybridized carbons (Fsp3) is 0.615. The second-order valence-corrected chi connectivity index (χ2v) is 6.05. The quantitative estimate of drug-likeness (QED) is 0.891. The van der Waals surface area contributed by atoms with Gasteiger partial charge in [0.25, 0.3) is 0 Å². The molecule has 0 bridgehead atoms. The molecule has 4 nitrogen and oxygen atoms in total. The van der Waals surface area contributed by atoms with Gasteiger partial charge in [0.1, 0.15) is 5.82 Å². The zero-order valence-electron chi connectivity index (χ0n) is 11.7. The smallest absolute Gasteiger partial charge is 0.354 e. The molecular weight excluding hydrogens is 349 g/mol. The molecule has 8 heteroatoms. The Labute approximate surface area is 130 Å². The zero-order valence-corrected chi connectivity index (χ0v) is 13.3. The maximum absolute atomic E-state index is 13.1. The Bertz CT molecular complexity index is 487. The first-order chi connectivity index (χ1) is 9.82. The number of nitrogens with zero attached hydrogens (tertiary/aromatic N) is 3. The van der Waals surface area contributed by atoms with Gasteiger partial charge >= 0.3 is 6.18 Å². The van der Waals surface area contributed by atoms with Gasteiger partial charge in [-0.1, -0.05) is 0 Å². The van der Waals surface area contributed by atoms with E-state index in [2.05, 4.69) is 25.8 Å². The van der Waals surface area contributed by atoms with Gasteiger partial charge in [-0.05, 0) is 28.9 Å². The number of piperazine rings is 1. The van der Waals surface area contributed by atoms with Crippen LogP contribution in [0.3, 0.4) is 0 Å². The molecule has 2 rings (SSSR count). The lowest BCUT2D eigenvalue weighted by atomic mass is 10.2. The first kappa shape index (κ1) is 16.5. The number of nitrogens with two attached hydrogens (primary N) is 1. The third-order valence-electron chi connectivity index (χ3n) is 3.72. The number of hydrogen-bond acceptors (Lipinski definition) is 4. The first-order valence-electron chi connectivity index (χ1n) is 6.74. The highest BCUT2D eigenvalue weighted by atomic mass is 79.9. The van der Waals surface area contributed by atoms with Crippen molar-refractivity contribution in [1.29, 1.82) is 0 Å². The lowest BCUT2D eigenvalue weighted by molar-refractivity contribution is -0.137. The van der Waals surface area contributed by atoms with Gasteiger partial charge in [-0.25, -0.2) is 4.98 Å². The van der Waals surface area contributed by atoms with E-state index in [1.54, 1.807) is 4.90 Å². The highest BCUT2D eigenvalue weighted by molar-refractivity contribution is 9.10. The molecular formula is C13H18BrF3N4. The number of aromatic nitrogens is 1. The number of pyridine rings is 1. The van der Waals surface area contributed by atoms with Crippen LogP contribution in [0.4, 0.5) is 19.0 Å². The molecule has 2 N–H and O–H groups in total. The van der Waals surface area contributed by atoms with Crippen molar-refractivity contribution >= 4 is 21.7 Å². The van der Waals surface area contributed by atoms with Crippen LogP contribution in [-0.2, 0) is 6.18 Å². The van der Waals surface area contributed by atoms with Crippen molar-refractivity contribution in [2.24, 2.45) is 5.73 Å². The maximum atomic E-state index is 13.1. The summed E-state index contributed by atoms with van der Waals surface area (Å²) in [5.74, 6) is 0.00533. The van der Waals surface area contributed by atoms with E-state index in [-0.39, 0.29) is 11.9 Å². The van der Waals surface area contributed by atoms with E-state index in [1.165, 1.54) is 6.20 Å². The molecule has 0 saturated carbocycles.